The molecule has 0 spiro atoms. The van der Waals surface area contributed by atoms with Crippen LogP contribution in [0.3, 0.4) is 0 Å². The van der Waals surface area contributed by atoms with E-state index < -0.39 is 0 Å². The van der Waals surface area contributed by atoms with Crippen molar-refractivity contribution in [3.8, 4) is 0 Å². The van der Waals surface area contributed by atoms with Gasteiger partial charge in [-0.2, -0.15) is 0 Å². The first-order chi connectivity index (χ1) is 10.1. The lowest BCUT2D eigenvalue weighted by Gasteiger charge is -2.23. The molecule has 0 fully saturated rings. The molecule has 1 aromatic heterocycles. The molecule has 112 valence electrons. The first kappa shape index (κ1) is 15.6. The predicted octanol–water partition coefficient (Wildman–Crippen LogP) is 3.07. The Bertz CT molecular complexity index is 625. The summed E-state index contributed by atoms with van der Waals surface area (Å²) < 4.78 is 1.69. The van der Waals surface area contributed by atoms with Crippen molar-refractivity contribution in [2.24, 2.45) is 0 Å². The lowest BCUT2D eigenvalue weighted by molar-refractivity contribution is 0.571. The van der Waals surface area contributed by atoms with Crippen molar-refractivity contribution in [1.29, 1.82) is 0 Å². The van der Waals surface area contributed by atoms with E-state index in [0.717, 1.165) is 5.56 Å². The van der Waals surface area contributed by atoms with E-state index in [1.807, 2.05) is 49.1 Å². The SMILES string of the molecule is CC(C)n1ccnc(N(CCCl)Cc2ccccc2)c1=O. The molecule has 0 aliphatic rings. The highest BCUT2D eigenvalue weighted by atomic mass is 35.5. The Morgan fingerprint density at radius 2 is 2.00 bits per heavy atom. The van der Waals surface area contributed by atoms with Gasteiger partial charge in [0.15, 0.2) is 5.82 Å². The molecule has 2 rings (SSSR count). The van der Waals surface area contributed by atoms with Gasteiger partial charge < -0.3 is 9.47 Å². The lowest BCUT2D eigenvalue weighted by Crippen LogP contribution is -2.34. The summed E-state index contributed by atoms with van der Waals surface area (Å²) in [6.07, 6.45) is 3.39. The average molecular weight is 306 g/mol. The summed E-state index contributed by atoms with van der Waals surface area (Å²) in [6.45, 7) is 5.17. The Balaban J connectivity index is 2.34. The molecule has 0 saturated heterocycles. The Hall–Kier alpha value is -1.81. The second-order valence-electron chi connectivity index (χ2n) is 5.15. The van der Waals surface area contributed by atoms with Crippen LogP contribution >= 0.6 is 11.6 Å². The molecule has 0 amide bonds. The van der Waals surface area contributed by atoms with Gasteiger partial charge in [-0.25, -0.2) is 4.98 Å². The Kier molecular flexibility index (Phi) is 5.39. The molecule has 4 nitrogen and oxygen atoms in total. The summed E-state index contributed by atoms with van der Waals surface area (Å²) in [5, 5.41) is 0. The Morgan fingerprint density at radius 3 is 2.62 bits per heavy atom. The number of hydrogen-bond acceptors (Lipinski definition) is 3. The fourth-order valence-corrected chi connectivity index (χ4v) is 2.41. The molecule has 0 saturated carbocycles. The fourth-order valence-electron chi connectivity index (χ4n) is 2.20. The Labute approximate surface area is 130 Å². The number of aromatic nitrogens is 2. The van der Waals surface area contributed by atoms with Crippen LogP contribution < -0.4 is 10.5 Å². The van der Waals surface area contributed by atoms with E-state index in [1.165, 1.54) is 0 Å². The molecule has 1 aromatic carbocycles. The molecule has 0 bridgehead atoms. The second kappa shape index (κ2) is 7.27. The minimum atomic E-state index is -0.0754. The second-order valence-corrected chi connectivity index (χ2v) is 5.53. The predicted molar refractivity (Wildman–Crippen MR) is 87.1 cm³/mol. The lowest BCUT2D eigenvalue weighted by atomic mass is 10.2. The zero-order valence-corrected chi connectivity index (χ0v) is 13.1. The van der Waals surface area contributed by atoms with Crippen molar-refractivity contribution in [2.45, 2.75) is 26.4 Å². The van der Waals surface area contributed by atoms with Crippen molar-refractivity contribution in [3.05, 3.63) is 58.6 Å². The smallest absolute Gasteiger partial charge is 0.293 e. The van der Waals surface area contributed by atoms with Gasteiger partial charge in [-0.1, -0.05) is 30.3 Å². The summed E-state index contributed by atoms with van der Waals surface area (Å²) in [6, 6.07) is 10.1. The molecule has 0 N–H and O–H groups in total. The highest BCUT2D eigenvalue weighted by Gasteiger charge is 2.14. The maximum absolute atomic E-state index is 12.5. The monoisotopic (exact) mass is 305 g/mol. The number of anilines is 1. The minimum absolute atomic E-state index is 0.0754. The van der Waals surface area contributed by atoms with Gasteiger partial charge in [0.2, 0.25) is 0 Å². The van der Waals surface area contributed by atoms with Crippen LogP contribution in [0.5, 0.6) is 0 Å². The van der Waals surface area contributed by atoms with Crippen LogP contribution in [-0.4, -0.2) is 22.0 Å². The highest BCUT2D eigenvalue weighted by molar-refractivity contribution is 6.18. The molecule has 5 heteroatoms. The van der Waals surface area contributed by atoms with Crippen molar-refractivity contribution in [3.63, 3.8) is 0 Å². The van der Waals surface area contributed by atoms with Gasteiger partial charge in [0.05, 0.1) is 0 Å². The molecule has 0 atom stereocenters. The number of rotatable bonds is 6. The quantitative estimate of drug-likeness (QED) is 0.770. The third kappa shape index (κ3) is 3.85. The van der Waals surface area contributed by atoms with E-state index >= 15 is 0 Å². The maximum Gasteiger partial charge on any atom is 0.293 e. The maximum atomic E-state index is 12.5. The van der Waals surface area contributed by atoms with Gasteiger partial charge in [-0.3, -0.25) is 4.79 Å². The van der Waals surface area contributed by atoms with Crippen molar-refractivity contribution < 1.29 is 0 Å². The normalized spacial score (nSPS) is 10.9. The average Bonchev–Trinajstić information content (AvgIpc) is 2.48. The van der Waals surface area contributed by atoms with Crippen LogP contribution in [0.15, 0.2) is 47.5 Å². The summed E-state index contributed by atoms with van der Waals surface area (Å²) in [5.74, 6) is 0.903. The molecule has 0 aliphatic heterocycles. The van der Waals surface area contributed by atoms with Crippen LogP contribution in [0.25, 0.3) is 0 Å². The van der Waals surface area contributed by atoms with E-state index in [2.05, 4.69) is 4.98 Å². The summed E-state index contributed by atoms with van der Waals surface area (Å²) in [7, 11) is 0. The number of halogens is 1. The summed E-state index contributed by atoms with van der Waals surface area (Å²) in [4.78, 5) is 18.7. The molecule has 0 aliphatic carbocycles. The van der Waals surface area contributed by atoms with Crippen molar-refractivity contribution in [1.82, 2.24) is 9.55 Å². The zero-order chi connectivity index (χ0) is 15.2. The topological polar surface area (TPSA) is 38.1 Å². The first-order valence-corrected chi connectivity index (χ1v) is 7.59. The standard InChI is InChI=1S/C16H20ClN3O/c1-13(2)20-11-9-18-15(16(20)21)19(10-8-17)12-14-6-4-3-5-7-14/h3-7,9,11,13H,8,10,12H2,1-2H3. The van der Waals surface area contributed by atoms with Gasteiger partial charge in [-0.05, 0) is 19.4 Å². The van der Waals surface area contributed by atoms with Crippen LogP contribution in [0.2, 0.25) is 0 Å². The van der Waals surface area contributed by atoms with E-state index in [1.54, 1.807) is 17.0 Å². The fraction of sp³-hybridized carbons (Fsp3) is 0.375. The van der Waals surface area contributed by atoms with Crippen molar-refractivity contribution >= 4 is 17.4 Å². The first-order valence-electron chi connectivity index (χ1n) is 7.05. The largest absolute Gasteiger partial charge is 0.347 e. The third-order valence-corrected chi connectivity index (χ3v) is 3.45. The van der Waals surface area contributed by atoms with E-state index in [4.69, 9.17) is 11.6 Å². The minimum Gasteiger partial charge on any atom is -0.347 e. The van der Waals surface area contributed by atoms with Crippen molar-refractivity contribution in [2.75, 3.05) is 17.3 Å². The summed E-state index contributed by atoms with van der Waals surface area (Å²) in [5.41, 5.74) is 1.05. The summed E-state index contributed by atoms with van der Waals surface area (Å²) >= 11 is 5.89. The number of benzene rings is 1. The molecule has 21 heavy (non-hydrogen) atoms. The van der Waals surface area contributed by atoms with Gasteiger partial charge in [0.25, 0.3) is 5.56 Å². The number of alkyl halides is 1. The van der Waals surface area contributed by atoms with E-state index in [9.17, 15) is 4.79 Å². The van der Waals surface area contributed by atoms with E-state index in [0.29, 0.717) is 24.8 Å². The van der Waals surface area contributed by atoms with Crippen LogP contribution in [0.4, 0.5) is 5.82 Å². The highest BCUT2D eigenvalue weighted by Crippen LogP contribution is 2.11. The van der Waals surface area contributed by atoms with Crippen LogP contribution in [0, 0.1) is 0 Å². The van der Waals surface area contributed by atoms with Gasteiger partial charge in [-0.15, -0.1) is 11.6 Å². The molecule has 2 aromatic rings. The molecule has 0 radical (unpaired) electrons. The van der Waals surface area contributed by atoms with Gasteiger partial charge >= 0.3 is 0 Å². The van der Waals surface area contributed by atoms with Crippen LogP contribution in [0.1, 0.15) is 25.5 Å². The van der Waals surface area contributed by atoms with Crippen LogP contribution in [-0.2, 0) is 6.54 Å². The number of hydrogen-bond donors (Lipinski definition) is 0. The van der Waals surface area contributed by atoms with Gasteiger partial charge in [0.1, 0.15) is 0 Å². The molecule has 0 unspecified atom stereocenters. The molecular weight excluding hydrogens is 286 g/mol. The molecular formula is C16H20ClN3O. The van der Waals surface area contributed by atoms with E-state index in [-0.39, 0.29) is 11.6 Å². The van der Waals surface area contributed by atoms with Gasteiger partial charge in [0, 0.05) is 37.4 Å². The number of nitrogens with zero attached hydrogens (tertiary/aromatic N) is 3. The zero-order valence-electron chi connectivity index (χ0n) is 12.4. The third-order valence-electron chi connectivity index (χ3n) is 3.28. The molecule has 1 heterocycles. The Morgan fingerprint density at radius 1 is 1.29 bits per heavy atom.